The number of anilines is 1. The van der Waals surface area contributed by atoms with Crippen molar-refractivity contribution in [2.75, 3.05) is 24.5 Å². The van der Waals surface area contributed by atoms with E-state index >= 15 is 0 Å². The smallest absolute Gasteiger partial charge is 0.410 e. The monoisotopic (exact) mass is 410 g/mol. The Hall–Kier alpha value is -1.63. The summed E-state index contributed by atoms with van der Waals surface area (Å²) in [5.41, 5.74) is 1.45. The number of halogens is 1. The first kappa shape index (κ1) is 19.7. The van der Waals surface area contributed by atoms with Gasteiger partial charge >= 0.3 is 6.09 Å². The van der Waals surface area contributed by atoms with E-state index in [9.17, 15) is 4.79 Å². The molecule has 1 unspecified atom stereocenters. The van der Waals surface area contributed by atoms with E-state index in [4.69, 9.17) is 4.74 Å². The Morgan fingerprint density at radius 3 is 2.60 bits per heavy atom. The van der Waals surface area contributed by atoms with Crippen molar-refractivity contribution in [1.29, 1.82) is 0 Å². The quantitative estimate of drug-likeness (QED) is 0.737. The lowest BCUT2D eigenvalue weighted by Crippen LogP contribution is -2.55. The van der Waals surface area contributed by atoms with Gasteiger partial charge in [0, 0.05) is 30.2 Å². The zero-order valence-corrected chi connectivity index (χ0v) is 17.4. The van der Waals surface area contributed by atoms with E-state index < -0.39 is 5.60 Å². The molecule has 0 saturated carbocycles. The number of rotatable bonds is 2. The van der Waals surface area contributed by atoms with Gasteiger partial charge in [-0.2, -0.15) is 0 Å². The predicted molar refractivity (Wildman–Crippen MR) is 104 cm³/mol. The van der Waals surface area contributed by atoms with Crippen LogP contribution in [0, 0.1) is 6.92 Å². The summed E-state index contributed by atoms with van der Waals surface area (Å²) in [5, 5.41) is 0. The summed E-state index contributed by atoms with van der Waals surface area (Å²) in [7, 11) is 0. The number of ether oxygens (including phenoxy) is 1. The minimum Gasteiger partial charge on any atom is -0.444 e. The minimum atomic E-state index is -0.484. The number of allylic oxidation sites excluding steroid dienone is 1. The highest BCUT2D eigenvalue weighted by Gasteiger charge is 2.32. The lowest BCUT2D eigenvalue weighted by atomic mass is 10.1. The Bertz CT molecular complexity index is 670. The molecule has 1 fully saturated rings. The first-order chi connectivity index (χ1) is 11.6. The Kier molecular flexibility index (Phi) is 6.08. The Labute approximate surface area is 158 Å². The SMILES string of the molecule is C/C=C(/Br)c1c(C)ncnc1N1CCN(C(=O)OC(C)(C)C)C(C)C1. The van der Waals surface area contributed by atoms with Crippen LogP contribution in [0.4, 0.5) is 10.6 Å². The second-order valence-corrected chi connectivity index (χ2v) is 8.12. The molecule has 1 aromatic rings. The van der Waals surface area contributed by atoms with E-state index in [0.29, 0.717) is 19.6 Å². The number of carbonyl (C=O) groups excluding carboxylic acids is 1. The van der Waals surface area contributed by atoms with E-state index in [1.165, 1.54) is 0 Å². The van der Waals surface area contributed by atoms with E-state index in [1.54, 1.807) is 11.2 Å². The zero-order valence-electron chi connectivity index (χ0n) is 15.8. The van der Waals surface area contributed by atoms with Crippen molar-refractivity contribution < 1.29 is 9.53 Å². The molecule has 1 aliphatic rings. The highest BCUT2D eigenvalue weighted by Crippen LogP contribution is 2.32. The van der Waals surface area contributed by atoms with Crippen LogP contribution in [0.25, 0.3) is 4.48 Å². The van der Waals surface area contributed by atoms with Crippen LogP contribution in [0.2, 0.25) is 0 Å². The van der Waals surface area contributed by atoms with Crippen molar-refractivity contribution in [1.82, 2.24) is 14.9 Å². The molecule has 0 radical (unpaired) electrons. The van der Waals surface area contributed by atoms with Gasteiger partial charge in [0.1, 0.15) is 17.7 Å². The molecule has 2 rings (SSSR count). The van der Waals surface area contributed by atoms with Crippen molar-refractivity contribution in [2.45, 2.75) is 53.2 Å². The fraction of sp³-hybridized carbons (Fsp3) is 0.611. The molecule has 1 aliphatic heterocycles. The van der Waals surface area contributed by atoms with Gasteiger partial charge < -0.3 is 14.5 Å². The average molecular weight is 411 g/mol. The lowest BCUT2D eigenvalue weighted by molar-refractivity contribution is 0.0158. The molecule has 0 aliphatic carbocycles. The Morgan fingerprint density at radius 2 is 2.04 bits per heavy atom. The molecule has 1 amide bonds. The summed E-state index contributed by atoms with van der Waals surface area (Å²) in [4.78, 5) is 25.2. The third-order valence-electron chi connectivity index (χ3n) is 4.06. The summed E-state index contributed by atoms with van der Waals surface area (Å²) < 4.78 is 6.49. The minimum absolute atomic E-state index is 0.0381. The van der Waals surface area contributed by atoms with Crippen molar-refractivity contribution in [3.05, 3.63) is 23.7 Å². The van der Waals surface area contributed by atoms with Gasteiger partial charge in [0.2, 0.25) is 0 Å². The molecule has 1 saturated heterocycles. The Balaban J connectivity index is 2.19. The largest absolute Gasteiger partial charge is 0.444 e. The summed E-state index contributed by atoms with van der Waals surface area (Å²) in [5.74, 6) is 0.896. The molecule has 2 heterocycles. The molecule has 138 valence electrons. The molecule has 25 heavy (non-hydrogen) atoms. The van der Waals surface area contributed by atoms with Gasteiger partial charge in [0.05, 0.1) is 11.3 Å². The zero-order chi connectivity index (χ0) is 18.8. The van der Waals surface area contributed by atoms with Gasteiger partial charge in [-0.3, -0.25) is 0 Å². The van der Waals surface area contributed by atoms with Crippen LogP contribution in [0.5, 0.6) is 0 Å². The summed E-state index contributed by atoms with van der Waals surface area (Å²) in [6, 6.07) is 0.0381. The van der Waals surface area contributed by atoms with E-state index in [-0.39, 0.29) is 12.1 Å². The first-order valence-corrected chi connectivity index (χ1v) is 9.31. The Morgan fingerprint density at radius 1 is 1.36 bits per heavy atom. The van der Waals surface area contributed by atoms with Gasteiger partial charge in [-0.1, -0.05) is 22.0 Å². The standard InChI is InChI=1S/C18H27BrN4O2/c1-7-14(19)15-13(3)20-11-21-16(15)22-8-9-23(12(2)10-22)17(24)25-18(4,5)6/h7,11-12H,8-10H2,1-6H3/b14-7+. The lowest BCUT2D eigenvalue weighted by Gasteiger charge is -2.41. The summed E-state index contributed by atoms with van der Waals surface area (Å²) >= 11 is 3.61. The van der Waals surface area contributed by atoms with Crippen LogP contribution in [0.3, 0.4) is 0 Å². The van der Waals surface area contributed by atoms with E-state index in [1.807, 2.05) is 47.6 Å². The molecule has 0 N–H and O–H groups in total. The topological polar surface area (TPSA) is 58.6 Å². The highest BCUT2D eigenvalue weighted by atomic mass is 79.9. The third kappa shape index (κ3) is 4.71. The van der Waals surface area contributed by atoms with Crippen LogP contribution >= 0.6 is 15.9 Å². The first-order valence-electron chi connectivity index (χ1n) is 8.52. The third-order valence-corrected chi connectivity index (χ3v) is 4.92. The molecule has 0 spiro atoms. The van der Waals surface area contributed by atoms with Crippen molar-refractivity contribution in [2.24, 2.45) is 0 Å². The number of piperazine rings is 1. The average Bonchev–Trinajstić information content (AvgIpc) is 2.52. The fourth-order valence-corrected chi connectivity index (χ4v) is 3.33. The van der Waals surface area contributed by atoms with E-state index in [0.717, 1.165) is 21.6 Å². The molecule has 1 atom stereocenters. The predicted octanol–water partition coefficient (Wildman–Crippen LogP) is 3.99. The van der Waals surface area contributed by atoms with Crippen LogP contribution in [0.1, 0.15) is 45.9 Å². The summed E-state index contributed by atoms with van der Waals surface area (Å²) in [6.45, 7) is 13.7. The van der Waals surface area contributed by atoms with Crippen molar-refractivity contribution in [3.8, 4) is 0 Å². The van der Waals surface area contributed by atoms with Gasteiger partial charge in [-0.25, -0.2) is 14.8 Å². The maximum Gasteiger partial charge on any atom is 0.410 e. The molecular formula is C18H27BrN4O2. The van der Waals surface area contributed by atoms with Crippen LogP contribution in [-0.2, 0) is 4.74 Å². The number of hydrogen-bond donors (Lipinski definition) is 0. The summed E-state index contributed by atoms with van der Waals surface area (Å²) in [6.07, 6.45) is 3.33. The van der Waals surface area contributed by atoms with Gasteiger partial charge in [-0.15, -0.1) is 0 Å². The molecule has 0 aromatic carbocycles. The van der Waals surface area contributed by atoms with Gasteiger partial charge in [-0.05, 0) is 41.5 Å². The number of carbonyl (C=O) groups is 1. The second-order valence-electron chi connectivity index (χ2n) is 7.26. The molecule has 1 aromatic heterocycles. The second kappa shape index (κ2) is 7.72. The maximum atomic E-state index is 12.4. The van der Waals surface area contributed by atoms with Crippen molar-refractivity contribution in [3.63, 3.8) is 0 Å². The van der Waals surface area contributed by atoms with Crippen molar-refractivity contribution >= 4 is 32.3 Å². The molecule has 6 nitrogen and oxygen atoms in total. The van der Waals surface area contributed by atoms with Crippen LogP contribution in [0.15, 0.2) is 12.4 Å². The van der Waals surface area contributed by atoms with E-state index in [2.05, 4.69) is 30.8 Å². The van der Waals surface area contributed by atoms with Gasteiger partial charge in [0.15, 0.2) is 0 Å². The molecule has 0 bridgehead atoms. The number of hydrogen-bond acceptors (Lipinski definition) is 5. The molecular weight excluding hydrogens is 384 g/mol. The number of aryl methyl sites for hydroxylation is 1. The van der Waals surface area contributed by atoms with Gasteiger partial charge in [0.25, 0.3) is 0 Å². The number of aromatic nitrogens is 2. The maximum absolute atomic E-state index is 12.4. The van der Waals surface area contributed by atoms with Crippen LogP contribution in [-0.4, -0.2) is 52.2 Å². The number of nitrogens with zero attached hydrogens (tertiary/aromatic N) is 4. The normalized spacial score (nSPS) is 19.2. The van der Waals surface area contributed by atoms with Crippen LogP contribution < -0.4 is 4.90 Å². The fourth-order valence-electron chi connectivity index (χ4n) is 2.87. The highest BCUT2D eigenvalue weighted by molar-refractivity contribution is 9.15. The molecule has 7 heteroatoms. The number of amides is 1.